The highest BCUT2D eigenvalue weighted by molar-refractivity contribution is 5.92. The highest BCUT2D eigenvalue weighted by atomic mass is 16.3. The standard InChI is InChI=1S/C27H31NO2/c1-3-12-26(30)13-11-22-20-9-8-17-15-18(29)10-14-27(17)24(20)21(16-25(22,26)2)19-6-4-5-7-23(19)28-27/h4-7,15,20-22,24,28,30H,8-11,13-14,16H2,1-2H3/t20-,21?,22-,24?,25-,26-,27+/m0/s1. The van der Waals surface area contributed by atoms with Crippen molar-refractivity contribution in [3.05, 3.63) is 41.5 Å². The highest BCUT2D eigenvalue weighted by Crippen LogP contribution is 2.70. The molecule has 1 aromatic rings. The Morgan fingerprint density at radius 2 is 2.00 bits per heavy atom. The summed E-state index contributed by atoms with van der Waals surface area (Å²) in [5.41, 5.74) is 2.81. The summed E-state index contributed by atoms with van der Waals surface area (Å²) in [5.74, 6) is 8.53. The lowest BCUT2D eigenvalue weighted by molar-refractivity contribution is -0.117. The number of rotatable bonds is 0. The summed E-state index contributed by atoms with van der Waals surface area (Å²) in [6, 6.07) is 8.76. The van der Waals surface area contributed by atoms with E-state index in [9.17, 15) is 9.90 Å². The maximum atomic E-state index is 12.3. The van der Waals surface area contributed by atoms with E-state index in [4.69, 9.17) is 0 Å². The number of ketones is 1. The molecule has 2 unspecified atom stereocenters. The Balaban J connectivity index is 1.56. The summed E-state index contributed by atoms with van der Waals surface area (Å²) in [5, 5.41) is 15.7. The summed E-state index contributed by atoms with van der Waals surface area (Å²) in [6.45, 7) is 4.17. The monoisotopic (exact) mass is 401 g/mol. The number of aliphatic hydroxyl groups is 1. The Labute approximate surface area is 179 Å². The van der Waals surface area contributed by atoms with Gasteiger partial charge in [-0.25, -0.2) is 0 Å². The molecular formula is C27H31NO2. The highest BCUT2D eigenvalue weighted by Gasteiger charge is 2.68. The second kappa shape index (κ2) is 6.01. The van der Waals surface area contributed by atoms with Crippen molar-refractivity contribution in [1.82, 2.24) is 0 Å². The van der Waals surface area contributed by atoms with E-state index in [-0.39, 0.29) is 11.0 Å². The molecule has 156 valence electrons. The minimum absolute atomic E-state index is 0.0890. The van der Waals surface area contributed by atoms with Crippen LogP contribution >= 0.6 is 0 Å². The van der Waals surface area contributed by atoms with Crippen LogP contribution in [-0.4, -0.2) is 22.0 Å². The van der Waals surface area contributed by atoms with Crippen LogP contribution < -0.4 is 5.32 Å². The molecule has 1 heterocycles. The lowest BCUT2D eigenvalue weighted by Crippen LogP contribution is -2.64. The van der Waals surface area contributed by atoms with Gasteiger partial charge in [-0.15, -0.1) is 5.92 Å². The average Bonchev–Trinajstić information content (AvgIpc) is 2.99. The first-order valence-corrected chi connectivity index (χ1v) is 11.7. The molecule has 3 fully saturated rings. The van der Waals surface area contributed by atoms with Crippen molar-refractivity contribution in [2.45, 2.75) is 75.9 Å². The largest absolute Gasteiger partial charge is 0.377 e. The van der Waals surface area contributed by atoms with Crippen LogP contribution in [0.1, 0.15) is 70.3 Å². The number of carbonyl (C=O) groups excluding carboxylic acids is 1. The SMILES string of the molecule is CC#C[C@]1(O)CC[C@H]2[C@@H]3CCC4=CC(=O)CC[C@@]45Nc4ccccc4C(C[C@@]21C)C35. The zero-order chi connectivity index (χ0) is 20.7. The van der Waals surface area contributed by atoms with Crippen molar-refractivity contribution in [3.8, 4) is 11.8 Å². The normalized spacial score (nSPS) is 45.6. The number of carbonyl (C=O) groups is 1. The molecule has 0 radical (unpaired) electrons. The van der Waals surface area contributed by atoms with Crippen LogP contribution in [0.25, 0.3) is 0 Å². The van der Waals surface area contributed by atoms with Gasteiger partial charge in [0.05, 0.1) is 5.54 Å². The summed E-state index contributed by atoms with van der Waals surface area (Å²) in [7, 11) is 0. The molecule has 0 amide bonds. The van der Waals surface area contributed by atoms with E-state index in [2.05, 4.69) is 48.3 Å². The number of para-hydroxylation sites is 1. The molecule has 30 heavy (non-hydrogen) atoms. The molecule has 3 heteroatoms. The van der Waals surface area contributed by atoms with E-state index in [0.29, 0.717) is 35.9 Å². The summed E-state index contributed by atoms with van der Waals surface area (Å²) >= 11 is 0. The Kier molecular flexibility index (Phi) is 3.75. The third kappa shape index (κ3) is 2.14. The van der Waals surface area contributed by atoms with Gasteiger partial charge in [0.2, 0.25) is 0 Å². The fraction of sp³-hybridized carbons (Fsp3) is 0.593. The van der Waals surface area contributed by atoms with Gasteiger partial charge in [-0.05, 0) is 92.4 Å². The van der Waals surface area contributed by atoms with E-state index < -0.39 is 5.60 Å². The first kappa shape index (κ1) is 18.7. The lowest BCUT2D eigenvalue weighted by atomic mass is 9.43. The summed E-state index contributed by atoms with van der Waals surface area (Å²) in [6.07, 6.45) is 8.47. The van der Waals surface area contributed by atoms with Crippen LogP contribution in [0.4, 0.5) is 5.69 Å². The quantitative estimate of drug-likeness (QED) is 0.613. The number of nitrogens with one attached hydrogen (secondary N) is 1. The smallest absolute Gasteiger partial charge is 0.155 e. The molecule has 4 aliphatic carbocycles. The molecule has 5 aliphatic rings. The number of benzene rings is 1. The van der Waals surface area contributed by atoms with E-state index in [1.165, 1.54) is 16.8 Å². The van der Waals surface area contributed by atoms with Gasteiger partial charge >= 0.3 is 0 Å². The maximum Gasteiger partial charge on any atom is 0.155 e. The van der Waals surface area contributed by atoms with E-state index in [1.807, 2.05) is 13.0 Å². The second-order valence-electron chi connectivity index (χ2n) is 10.7. The van der Waals surface area contributed by atoms with Gasteiger partial charge in [0.15, 0.2) is 5.78 Å². The molecule has 7 atom stereocenters. The second-order valence-corrected chi connectivity index (χ2v) is 10.7. The maximum absolute atomic E-state index is 12.3. The van der Waals surface area contributed by atoms with Gasteiger partial charge in [0, 0.05) is 17.5 Å². The van der Waals surface area contributed by atoms with Crippen LogP contribution in [0.15, 0.2) is 35.9 Å². The average molecular weight is 402 g/mol. The van der Waals surface area contributed by atoms with Crippen LogP contribution in [0.2, 0.25) is 0 Å². The Morgan fingerprint density at radius 1 is 1.17 bits per heavy atom. The number of hydrogen-bond acceptors (Lipinski definition) is 3. The molecule has 1 aromatic carbocycles. The minimum Gasteiger partial charge on any atom is -0.377 e. The van der Waals surface area contributed by atoms with Gasteiger partial charge in [-0.2, -0.15) is 0 Å². The third-order valence-corrected chi connectivity index (χ3v) is 9.68. The van der Waals surface area contributed by atoms with Gasteiger partial charge in [-0.1, -0.05) is 31.0 Å². The fourth-order valence-corrected chi connectivity index (χ4v) is 8.49. The molecule has 3 saturated carbocycles. The molecule has 2 N–H and O–H groups in total. The van der Waals surface area contributed by atoms with Crippen LogP contribution in [0.5, 0.6) is 0 Å². The van der Waals surface area contributed by atoms with Crippen LogP contribution in [-0.2, 0) is 4.79 Å². The first-order valence-electron chi connectivity index (χ1n) is 11.7. The summed E-state index contributed by atoms with van der Waals surface area (Å²) < 4.78 is 0. The summed E-state index contributed by atoms with van der Waals surface area (Å²) in [4.78, 5) is 12.3. The molecule has 0 saturated heterocycles. The van der Waals surface area contributed by atoms with Crippen molar-refractivity contribution < 1.29 is 9.90 Å². The number of hydrogen-bond donors (Lipinski definition) is 2. The fourth-order valence-electron chi connectivity index (χ4n) is 8.49. The molecular weight excluding hydrogens is 370 g/mol. The molecule has 6 rings (SSSR count). The van der Waals surface area contributed by atoms with Gasteiger partial charge < -0.3 is 10.4 Å². The predicted molar refractivity (Wildman–Crippen MR) is 118 cm³/mol. The van der Waals surface area contributed by atoms with Crippen molar-refractivity contribution in [1.29, 1.82) is 0 Å². The van der Waals surface area contributed by atoms with Gasteiger partial charge in [-0.3, -0.25) is 4.79 Å². The zero-order valence-electron chi connectivity index (χ0n) is 18.0. The number of fused-ring (bicyclic) bond motifs is 4. The molecule has 1 spiro atoms. The lowest BCUT2D eigenvalue weighted by Gasteiger charge is -2.64. The van der Waals surface area contributed by atoms with Gasteiger partial charge in [0.25, 0.3) is 0 Å². The van der Waals surface area contributed by atoms with E-state index in [1.54, 1.807) is 0 Å². The van der Waals surface area contributed by atoms with Crippen molar-refractivity contribution in [2.75, 3.05) is 5.32 Å². The number of anilines is 1. The van der Waals surface area contributed by atoms with Crippen molar-refractivity contribution in [2.24, 2.45) is 23.2 Å². The van der Waals surface area contributed by atoms with Gasteiger partial charge in [0.1, 0.15) is 5.60 Å². The molecule has 3 nitrogen and oxygen atoms in total. The third-order valence-electron chi connectivity index (χ3n) is 9.68. The Morgan fingerprint density at radius 3 is 2.83 bits per heavy atom. The minimum atomic E-state index is -0.886. The van der Waals surface area contributed by atoms with Crippen LogP contribution in [0, 0.1) is 35.0 Å². The van der Waals surface area contributed by atoms with Crippen molar-refractivity contribution >= 4 is 11.5 Å². The molecule has 0 aromatic heterocycles. The topological polar surface area (TPSA) is 49.3 Å². The van der Waals surface area contributed by atoms with Crippen molar-refractivity contribution in [3.63, 3.8) is 0 Å². The van der Waals surface area contributed by atoms with E-state index in [0.717, 1.165) is 38.5 Å². The first-order chi connectivity index (χ1) is 14.4. The Hall–Kier alpha value is -2.05. The Bertz CT molecular complexity index is 1030. The van der Waals surface area contributed by atoms with E-state index >= 15 is 0 Å². The zero-order valence-corrected chi connectivity index (χ0v) is 18.0. The van der Waals surface area contributed by atoms with Crippen LogP contribution in [0.3, 0.4) is 0 Å². The molecule has 1 aliphatic heterocycles. The predicted octanol–water partition coefficient (Wildman–Crippen LogP) is 4.82. The molecule has 0 bridgehead atoms.